The van der Waals surface area contributed by atoms with E-state index in [1.165, 1.54) is 4.90 Å². The molecule has 112 valence electrons. The van der Waals surface area contributed by atoms with E-state index in [2.05, 4.69) is 5.32 Å². The lowest BCUT2D eigenvalue weighted by atomic mass is 10.2. The Labute approximate surface area is 133 Å². The molecule has 1 atom stereocenters. The zero-order valence-electron chi connectivity index (χ0n) is 12.4. The lowest BCUT2D eigenvalue weighted by Crippen LogP contribution is -2.34. The number of carbonyl (C=O) groups is 2. The fraction of sp³-hybridized carbons (Fsp3) is 0.176. The molecule has 0 unspecified atom stereocenters. The van der Waals surface area contributed by atoms with Crippen LogP contribution < -0.4 is 10.2 Å². The van der Waals surface area contributed by atoms with E-state index in [1.807, 2.05) is 56.3 Å². The number of carbonyl (C=O) groups excluding carboxylic acids is 2. The molecule has 1 heterocycles. The second-order valence-corrected chi connectivity index (χ2v) is 6.35. The normalized spacial score (nSPS) is 17.9. The van der Waals surface area contributed by atoms with Crippen LogP contribution in [0.2, 0.25) is 0 Å². The summed E-state index contributed by atoms with van der Waals surface area (Å²) in [6, 6.07) is 15.1. The van der Waals surface area contributed by atoms with E-state index in [-0.39, 0.29) is 11.1 Å². The molecule has 1 aliphatic heterocycles. The van der Waals surface area contributed by atoms with Crippen molar-refractivity contribution < 1.29 is 9.59 Å². The summed E-state index contributed by atoms with van der Waals surface area (Å²) in [6.45, 7) is 3.92. The van der Waals surface area contributed by atoms with Gasteiger partial charge in [-0.3, -0.25) is 9.59 Å². The van der Waals surface area contributed by atoms with Crippen LogP contribution in [0.15, 0.2) is 48.5 Å². The quantitative estimate of drug-likeness (QED) is 0.932. The van der Waals surface area contributed by atoms with E-state index in [0.29, 0.717) is 5.69 Å². The van der Waals surface area contributed by atoms with Crippen molar-refractivity contribution >= 4 is 34.3 Å². The van der Waals surface area contributed by atoms with Gasteiger partial charge in [0, 0.05) is 5.69 Å². The molecule has 1 N–H and O–H groups in total. The molecule has 1 aliphatic rings. The monoisotopic (exact) mass is 312 g/mol. The highest BCUT2D eigenvalue weighted by Crippen LogP contribution is 2.32. The molecule has 0 radical (unpaired) electrons. The predicted octanol–water partition coefficient (Wildman–Crippen LogP) is 3.94. The number of hydrogen-bond donors (Lipinski definition) is 1. The molecule has 1 saturated heterocycles. The molecule has 0 aliphatic carbocycles. The van der Waals surface area contributed by atoms with Crippen LogP contribution in [0.4, 0.5) is 16.2 Å². The summed E-state index contributed by atoms with van der Waals surface area (Å²) in [6.07, 6.45) is 0. The van der Waals surface area contributed by atoms with Gasteiger partial charge in [0.05, 0.1) is 5.69 Å². The van der Waals surface area contributed by atoms with Crippen molar-refractivity contribution in [1.29, 1.82) is 0 Å². The Morgan fingerprint density at radius 3 is 2.36 bits per heavy atom. The standard InChI is InChI=1S/C17H16N2O2S/c1-11-5-3-7-13(9-11)18-15-16(20)19(17(21)22-15)14-8-4-6-12(2)10-14/h3-10,15,18H,1-2H3/t15-/m1/s1. The molecule has 0 saturated carbocycles. The second-order valence-electron chi connectivity index (χ2n) is 5.29. The smallest absolute Gasteiger partial charge is 0.295 e. The number of nitrogens with zero attached hydrogens (tertiary/aromatic N) is 1. The van der Waals surface area contributed by atoms with Gasteiger partial charge in [0.15, 0.2) is 5.37 Å². The molecule has 2 aromatic rings. The Morgan fingerprint density at radius 1 is 1.00 bits per heavy atom. The Hall–Kier alpha value is -2.27. The van der Waals surface area contributed by atoms with Crippen LogP contribution in [0, 0.1) is 13.8 Å². The minimum absolute atomic E-state index is 0.234. The van der Waals surface area contributed by atoms with E-state index in [0.717, 1.165) is 28.6 Å². The average Bonchev–Trinajstić information content (AvgIpc) is 2.73. The Morgan fingerprint density at radius 2 is 1.68 bits per heavy atom. The number of benzene rings is 2. The molecule has 4 nitrogen and oxygen atoms in total. The maximum atomic E-state index is 12.5. The molecule has 0 bridgehead atoms. The number of imide groups is 1. The van der Waals surface area contributed by atoms with Gasteiger partial charge >= 0.3 is 0 Å². The van der Waals surface area contributed by atoms with E-state index < -0.39 is 5.37 Å². The molecular formula is C17H16N2O2S. The zero-order valence-corrected chi connectivity index (χ0v) is 13.2. The highest BCUT2D eigenvalue weighted by Gasteiger charge is 2.40. The average molecular weight is 312 g/mol. The molecule has 0 spiro atoms. The summed E-state index contributed by atoms with van der Waals surface area (Å²) in [4.78, 5) is 26.0. The third-order valence-corrected chi connectivity index (χ3v) is 4.36. The number of aryl methyl sites for hydroxylation is 2. The number of hydrogen-bond acceptors (Lipinski definition) is 4. The van der Waals surface area contributed by atoms with Crippen LogP contribution in [0.5, 0.6) is 0 Å². The van der Waals surface area contributed by atoms with Gasteiger partial charge in [-0.05, 0) is 61.0 Å². The van der Waals surface area contributed by atoms with Gasteiger partial charge in [-0.2, -0.15) is 0 Å². The summed E-state index contributed by atoms with van der Waals surface area (Å²) in [5.41, 5.74) is 3.57. The first-order chi connectivity index (χ1) is 10.5. The Balaban J connectivity index is 1.82. The Bertz CT molecular complexity index is 745. The summed E-state index contributed by atoms with van der Waals surface area (Å²) in [7, 11) is 0. The first-order valence-electron chi connectivity index (χ1n) is 6.99. The largest absolute Gasteiger partial charge is 0.365 e. The maximum absolute atomic E-state index is 12.5. The minimum Gasteiger partial charge on any atom is -0.365 e. The van der Waals surface area contributed by atoms with Gasteiger partial charge in [0.1, 0.15) is 0 Å². The van der Waals surface area contributed by atoms with Gasteiger partial charge in [0.25, 0.3) is 11.1 Å². The van der Waals surface area contributed by atoms with Crippen molar-refractivity contribution in [3.8, 4) is 0 Å². The van der Waals surface area contributed by atoms with Gasteiger partial charge in [-0.15, -0.1) is 0 Å². The first kappa shape index (κ1) is 14.7. The number of thioether (sulfide) groups is 1. The fourth-order valence-corrected chi connectivity index (χ4v) is 3.29. The lowest BCUT2D eigenvalue weighted by molar-refractivity contribution is -0.116. The number of anilines is 2. The van der Waals surface area contributed by atoms with Crippen LogP contribution in [-0.4, -0.2) is 16.5 Å². The first-order valence-corrected chi connectivity index (χ1v) is 7.87. The van der Waals surface area contributed by atoms with E-state index >= 15 is 0 Å². The van der Waals surface area contributed by atoms with Crippen molar-refractivity contribution in [3.05, 3.63) is 59.7 Å². The van der Waals surface area contributed by atoms with Crippen molar-refractivity contribution in [2.24, 2.45) is 0 Å². The summed E-state index contributed by atoms with van der Waals surface area (Å²) in [5, 5.41) is 2.29. The van der Waals surface area contributed by atoms with Crippen molar-refractivity contribution in [3.63, 3.8) is 0 Å². The van der Waals surface area contributed by atoms with Crippen LogP contribution in [0.3, 0.4) is 0 Å². The highest BCUT2D eigenvalue weighted by atomic mass is 32.2. The van der Waals surface area contributed by atoms with Gasteiger partial charge in [-0.25, -0.2) is 4.90 Å². The SMILES string of the molecule is Cc1cccc(N[C@@H]2SC(=O)N(c3cccc(C)c3)C2=O)c1. The highest BCUT2D eigenvalue weighted by molar-refractivity contribution is 8.16. The van der Waals surface area contributed by atoms with E-state index in [9.17, 15) is 9.59 Å². The molecule has 0 aromatic heterocycles. The second kappa shape index (κ2) is 5.85. The molecule has 1 fully saturated rings. The number of nitrogens with one attached hydrogen (secondary N) is 1. The topological polar surface area (TPSA) is 49.4 Å². The molecule has 22 heavy (non-hydrogen) atoms. The van der Waals surface area contributed by atoms with E-state index in [1.54, 1.807) is 6.07 Å². The van der Waals surface area contributed by atoms with Crippen molar-refractivity contribution in [2.75, 3.05) is 10.2 Å². The van der Waals surface area contributed by atoms with Crippen LogP contribution in [-0.2, 0) is 4.79 Å². The predicted molar refractivity (Wildman–Crippen MR) is 90.2 cm³/mol. The number of rotatable bonds is 3. The van der Waals surface area contributed by atoms with E-state index in [4.69, 9.17) is 0 Å². The molecule has 5 heteroatoms. The maximum Gasteiger partial charge on any atom is 0.295 e. The third kappa shape index (κ3) is 2.85. The molecule has 2 aromatic carbocycles. The summed E-state index contributed by atoms with van der Waals surface area (Å²) < 4.78 is 0. The summed E-state index contributed by atoms with van der Waals surface area (Å²) >= 11 is 1.01. The zero-order chi connectivity index (χ0) is 15.7. The van der Waals surface area contributed by atoms with Crippen molar-refractivity contribution in [1.82, 2.24) is 0 Å². The molecule has 3 rings (SSSR count). The van der Waals surface area contributed by atoms with Gasteiger partial charge in [-0.1, -0.05) is 24.3 Å². The Kier molecular flexibility index (Phi) is 3.90. The molecule has 2 amide bonds. The van der Waals surface area contributed by atoms with Crippen LogP contribution in [0.1, 0.15) is 11.1 Å². The lowest BCUT2D eigenvalue weighted by Gasteiger charge is -2.15. The number of amides is 2. The third-order valence-electron chi connectivity index (χ3n) is 3.42. The van der Waals surface area contributed by atoms with Crippen LogP contribution in [0.25, 0.3) is 0 Å². The minimum atomic E-state index is -0.588. The summed E-state index contributed by atoms with van der Waals surface area (Å²) in [5.74, 6) is -0.234. The van der Waals surface area contributed by atoms with Crippen LogP contribution >= 0.6 is 11.8 Å². The van der Waals surface area contributed by atoms with Gasteiger partial charge < -0.3 is 5.32 Å². The van der Waals surface area contributed by atoms with Gasteiger partial charge in [0.2, 0.25) is 0 Å². The van der Waals surface area contributed by atoms with Crippen molar-refractivity contribution in [2.45, 2.75) is 19.2 Å². The molecular weight excluding hydrogens is 296 g/mol. The fourth-order valence-electron chi connectivity index (χ4n) is 2.39.